The molecule has 2 heterocycles. The monoisotopic (exact) mass is 249 g/mol. The second-order valence-electron chi connectivity index (χ2n) is 3.42. The van der Waals surface area contributed by atoms with Crippen molar-refractivity contribution < 1.29 is 5.11 Å². The molecule has 88 valence electrons. The molecule has 6 heteroatoms. The van der Waals surface area contributed by atoms with E-state index < -0.39 is 0 Å². The van der Waals surface area contributed by atoms with E-state index in [9.17, 15) is 9.90 Å². The van der Waals surface area contributed by atoms with E-state index in [1.165, 1.54) is 11.8 Å². The summed E-state index contributed by atoms with van der Waals surface area (Å²) in [6, 6.07) is 6.68. The highest BCUT2D eigenvalue weighted by atomic mass is 32.2. The average molecular weight is 249 g/mol. The van der Waals surface area contributed by atoms with Crippen molar-refractivity contribution in [3.05, 3.63) is 46.5 Å². The van der Waals surface area contributed by atoms with Crippen LogP contribution in [0.2, 0.25) is 0 Å². The van der Waals surface area contributed by atoms with E-state index in [4.69, 9.17) is 0 Å². The molecule has 2 aromatic rings. The Morgan fingerprint density at radius 1 is 1.47 bits per heavy atom. The smallest absolute Gasteiger partial charge is 0.255 e. The summed E-state index contributed by atoms with van der Waals surface area (Å²) in [5, 5.41) is 9.64. The van der Waals surface area contributed by atoms with Gasteiger partial charge in [0.15, 0.2) is 5.16 Å². The molecular formula is C11H11N3O2S. The second kappa shape index (κ2) is 5.01. The molecule has 0 spiro atoms. The summed E-state index contributed by atoms with van der Waals surface area (Å²) in [5.74, 6) is -0.274. The molecule has 2 rings (SSSR count). The van der Waals surface area contributed by atoms with Gasteiger partial charge in [0.2, 0.25) is 5.88 Å². The molecule has 1 unspecified atom stereocenters. The zero-order valence-electron chi connectivity index (χ0n) is 9.12. The van der Waals surface area contributed by atoms with E-state index >= 15 is 0 Å². The molecule has 0 aromatic carbocycles. The Labute approximate surface area is 102 Å². The Bertz CT molecular complexity index is 556. The molecular weight excluding hydrogens is 238 g/mol. The molecule has 0 aliphatic rings. The van der Waals surface area contributed by atoms with Crippen molar-refractivity contribution >= 4 is 11.8 Å². The van der Waals surface area contributed by atoms with E-state index in [1.54, 1.807) is 6.20 Å². The fourth-order valence-electron chi connectivity index (χ4n) is 1.32. The Morgan fingerprint density at radius 2 is 2.29 bits per heavy atom. The van der Waals surface area contributed by atoms with Gasteiger partial charge in [-0.3, -0.25) is 9.78 Å². The highest BCUT2D eigenvalue weighted by Gasteiger charge is 2.10. The fraction of sp³-hybridized carbons (Fsp3) is 0.182. The van der Waals surface area contributed by atoms with E-state index in [0.29, 0.717) is 5.16 Å². The third-order valence-corrected chi connectivity index (χ3v) is 3.11. The minimum Gasteiger partial charge on any atom is -0.493 e. The van der Waals surface area contributed by atoms with Crippen LogP contribution in [0.3, 0.4) is 0 Å². The van der Waals surface area contributed by atoms with Gasteiger partial charge in [0.1, 0.15) is 0 Å². The van der Waals surface area contributed by atoms with Gasteiger partial charge in [-0.05, 0) is 19.1 Å². The van der Waals surface area contributed by atoms with Crippen molar-refractivity contribution in [3.63, 3.8) is 0 Å². The molecule has 2 aromatic heterocycles. The predicted molar refractivity (Wildman–Crippen MR) is 65.0 cm³/mol. The number of nitrogens with zero attached hydrogens (tertiary/aromatic N) is 2. The topological polar surface area (TPSA) is 78.9 Å². The van der Waals surface area contributed by atoms with Crippen molar-refractivity contribution in [1.82, 2.24) is 15.0 Å². The average Bonchev–Trinajstić information content (AvgIpc) is 2.28. The van der Waals surface area contributed by atoms with Crippen molar-refractivity contribution in [2.75, 3.05) is 0 Å². The van der Waals surface area contributed by atoms with Gasteiger partial charge < -0.3 is 10.1 Å². The quantitative estimate of drug-likeness (QED) is 0.639. The van der Waals surface area contributed by atoms with E-state index in [-0.39, 0.29) is 16.7 Å². The van der Waals surface area contributed by atoms with E-state index in [1.807, 2.05) is 25.1 Å². The van der Waals surface area contributed by atoms with Crippen LogP contribution in [0.4, 0.5) is 0 Å². The first-order valence-corrected chi connectivity index (χ1v) is 5.91. The lowest BCUT2D eigenvalue weighted by atomic mass is 10.3. The van der Waals surface area contributed by atoms with Crippen LogP contribution < -0.4 is 5.56 Å². The van der Waals surface area contributed by atoms with Crippen LogP contribution in [0.1, 0.15) is 17.9 Å². The summed E-state index contributed by atoms with van der Waals surface area (Å²) in [5.41, 5.74) is 0.525. The number of nitrogens with one attached hydrogen (secondary N) is 1. The summed E-state index contributed by atoms with van der Waals surface area (Å²) in [7, 11) is 0. The zero-order valence-corrected chi connectivity index (χ0v) is 9.94. The van der Waals surface area contributed by atoms with Gasteiger partial charge in [0.05, 0.1) is 17.0 Å². The Hall–Kier alpha value is -1.82. The molecule has 0 bridgehead atoms. The van der Waals surface area contributed by atoms with Crippen molar-refractivity contribution in [1.29, 1.82) is 0 Å². The van der Waals surface area contributed by atoms with Gasteiger partial charge in [0, 0.05) is 6.20 Å². The van der Waals surface area contributed by atoms with Gasteiger partial charge in [-0.25, -0.2) is 0 Å². The van der Waals surface area contributed by atoms with Crippen LogP contribution in [0.5, 0.6) is 5.88 Å². The normalized spacial score (nSPS) is 12.3. The number of H-pyrrole nitrogens is 1. The van der Waals surface area contributed by atoms with Gasteiger partial charge in [-0.15, -0.1) is 0 Å². The number of pyridine rings is 1. The number of thioether (sulfide) groups is 1. The second-order valence-corrected chi connectivity index (χ2v) is 4.75. The molecule has 1 atom stereocenters. The van der Waals surface area contributed by atoms with Crippen LogP contribution in [0.15, 0.2) is 40.4 Å². The number of aromatic amines is 1. The third-order valence-electron chi connectivity index (χ3n) is 2.10. The maximum atomic E-state index is 11.1. The van der Waals surface area contributed by atoms with Crippen LogP contribution in [0, 0.1) is 0 Å². The van der Waals surface area contributed by atoms with Gasteiger partial charge in [-0.1, -0.05) is 17.8 Å². The summed E-state index contributed by atoms with van der Waals surface area (Å²) < 4.78 is 0. The molecule has 0 fully saturated rings. The van der Waals surface area contributed by atoms with Crippen LogP contribution in [-0.2, 0) is 0 Å². The lowest BCUT2D eigenvalue weighted by Crippen LogP contribution is -2.06. The largest absolute Gasteiger partial charge is 0.493 e. The molecule has 0 amide bonds. The molecule has 5 nitrogen and oxygen atoms in total. The number of hydrogen-bond donors (Lipinski definition) is 2. The first-order chi connectivity index (χ1) is 8.15. The lowest BCUT2D eigenvalue weighted by molar-refractivity contribution is 0.444. The van der Waals surface area contributed by atoms with Crippen LogP contribution in [-0.4, -0.2) is 20.1 Å². The van der Waals surface area contributed by atoms with Crippen LogP contribution in [0.25, 0.3) is 0 Å². The molecule has 0 aliphatic heterocycles. The first-order valence-electron chi connectivity index (χ1n) is 5.03. The van der Waals surface area contributed by atoms with Crippen molar-refractivity contribution in [2.24, 2.45) is 0 Å². The van der Waals surface area contributed by atoms with Gasteiger partial charge >= 0.3 is 0 Å². The Morgan fingerprint density at radius 3 is 2.94 bits per heavy atom. The van der Waals surface area contributed by atoms with Crippen LogP contribution >= 0.6 is 11.8 Å². The van der Waals surface area contributed by atoms with Gasteiger partial charge in [-0.2, -0.15) is 4.98 Å². The van der Waals surface area contributed by atoms with Crippen molar-refractivity contribution in [3.8, 4) is 5.88 Å². The minimum absolute atomic E-state index is 0.0427. The lowest BCUT2D eigenvalue weighted by Gasteiger charge is -2.09. The highest BCUT2D eigenvalue weighted by molar-refractivity contribution is 7.99. The number of aromatic nitrogens is 3. The van der Waals surface area contributed by atoms with Gasteiger partial charge in [0.25, 0.3) is 5.56 Å². The van der Waals surface area contributed by atoms with Crippen molar-refractivity contribution in [2.45, 2.75) is 17.3 Å². The number of rotatable bonds is 3. The standard InChI is InChI=1S/C11H11N3O2S/c1-7(8-4-2-3-5-12-8)17-11-13-9(15)6-10(16)14-11/h2-7H,1H3,(H2,13,14,15,16). The third kappa shape index (κ3) is 3.07. The molecule has 0 radical (unpaired) electrons. The molecule has 2 N–H and O–H groups in total. The summed E-state index contributed by atoms with van der Waals surface area (Å²) in [6.45, 7) is 1.96. The fourth-order valence-corrected chi connectivity index (χ4v) is 2.22. The highest BCUT2D eigenvalue weighted by Crippen LogP contribution is 2.31. The maximum absolute atomic E-state index is 11.1. The minimum atomic E-state index is -0.367. The number of aromatic hydroxyl groups is 1. The zero-order chi connectivity index (χ0) is 12.3. The summed E-state index contributed by atoms with van der Waals surface area (Å²) in [4.78, 5) is 21.8. The molecule has 0 saturated heterocycles. The summed E-state index contributed by atoms with van der Waals surface area (Å²) in [6.07, 6.45) is 1.71. The Kier molecular flexibility index (Phi) is 3.43. The molecule has 0 saturated carbocycles. The maximum Gasteiger partial charge on any atom is 0.255 e. The predicted octanol–water partition coefficient (Wildman–Crippen LogP) is 1.72. The van der Waals surface area contributed by atoms with E-state index in [2.05, 4.69) is 15.0 Å². The molecule has 17 heavy (non-hydrogen) atoms. The number of hydrogen-bond acceptors (Lipinski definition) is 5. The first kappa shape index (κ1) is 11.7. The Balaban J connectivity index is 2.18. The summed E-state index contributed by atoms with van der Waals surface area (Å²) >= 11 is 1.34. The molecule has 0 aliphatic carbocycles. The van der Waals surface area contributed by atoms with E-state index in [0.717, 1.165) is 11.8 Å². The SMILES string of the molecule is CC(Sc1nc(O)cc(=O)[nH]1)c1ccccn1.